The van der Waals surface area contributed by atoms with Crippen molar-refractivity contribution in [2.75, 3.05) is 5.32 Å². The summed E-state index contributed by atoms with van der Waals surface area (Å²) in [5.74, 6) is 0.396. The van der Waals surface area contributed by atoms with E-state index in [4.69, 9.17) is 4.74 Å². The second kappa shape index (κ2) is 7.55. The molecule has 6 heteroatoms. The second-order valence-electron chi connectivity index (χ2n) is 5.79. The first kappa shape index (κ1) is 17.2. The van der Waals surface area contributed by atoms with Gasteiger partial charge in [-0.15, -0.1) is 11.3 Å². The van der Waals surface area contributed by atoms with E-state index in [1.165, 1.54) is 17.4 Å². The van der Waals surface area contributed by atoms with Crippen molar-refractivity contribution in [1.82, 2.24) is 4.98 Å². The third-order valence-corrected chi connectivity index (χ3v) is 5.20. The lowest BCUT2D eigenvalue weighted by molar-refractivity contribution is 0.102. The molecule has 0 atom stereocenters. The van der Waals surface area contributed by atoms with Crippen molar-refractivity contribution in [2.45, 2.75) is 6.61 Å². The summed E-state index contributed by atoms with van der Waals surface area (Å²) in [5, 5.41) is 3.18. The normalized spacial score (nSPS) is 10.7. The van der Waals surface area contributed by atoms with Gasteiger partial charge in [-0.05, 0) is 36.4 Å². The number of hydrogen-bond acceptors (Lipinski definition) is 4. The molecule has 0 saturated carbocycles. The number of thiophene rings is 1. The van der Waals surface area contributed by atoms with Crippen molar-refractivity contribution in [2.24, 2.45) is 0 Å². The SMILES string of the molecule is O=C(Nc1ccccn1)c1sc2cccc(F)c2c1COc1ccccc1. The van der Waals surface area contributed by atoms with Crippen molar-refractivity contribution >= 4 is 33.1 Å². The molecule has 2 aromatic carbocycles. The van der Waals surface area contributed by atoms with Crippen LogP contribution in [-0.4, -0.2) is 10.9 Å². The minimum Gasteiger partial charge on any atom is -0.489 e. The number of amides is 1. The molecule has 0 aliphatic carbocycles. The molecule has 0 aliphatic heterocycles. The Labute approximate surface area is 159 Å². The highest BCUT2D eigenvalue weighted by Crippen LogP contribution is 2.34. The van der Waals surface area contributed by atoms with Gasteiger partial charge in [-0.25, -0.2) is 9.37 Å². The fourth-order valence-corrected chi connectivity index (χ4v) is 3.89. The van der Waals surface area contributed by atoms with Crippen LogP contribution in [0.5, 0.6) is 5.75 Å². The standard InChI is InChI=1S/C21H15FN2O2S/c22-16-9-6-10-17-19(16)15(13-26-14-7-2-1-3-8-14)20(27-17)21(25)24-18-11-4-5-12-23-18/h1-12H,13H2,(H,23,24,25). The third-order valence-electron chi connectivity index (χ3n) is 4.00. The number of hydrogen-bond donors (Lipinski definition) is 1. The first-order chi connectivity index (χ1) is 13.2. The zero-order valence-corrected chi connectivity index (χ0v) is 15.0. The number of aromatic nitrogens is 1. The van der Waals surface area contributed by atoms with Gasteiger partial charge in [-0.1, -0.05) is 30.3 Å². The molecule has 0 spiro atoms. The van der Waals surface area contributed by atoms with Gasteiger partial charge >= 0.3 is 0 Å². The molecule has 2 aromatic heterocycles. The summed E-state index contributed by atoms with van der Waals surface area (Å²) >= 11 is 1.24. The van der Waals surface area contributed by atoms with Gasteiger partial charge < -0.3 is 10.1 Å². The Morgan fingerprint density at radius 3 is 2.63 bits per heavy atom. The molecule has 0 unspecified atom stereocenters. The molecule has 0 bridgehead atoms. The summed E-state index contributed by atoms with van der Waals surface area (Å²) in [6.07, 6.45) is 1.60. The Hall–Kier alpha value is -3.25. The first-order valence-electron chi connectivity index (χ1n) is 8.32. The van der Waals surface area contributed by atoms with Crippen LogP contribution in [0, 0.1) is 5.82 Å². The molecule has 0 aliphatic rings. The number of nitrogens with zero attached hydrogens (tertiary/aromatic N) is 1. The molecule has 0 fully saturated rings. The van der Waals surface area contributed by atoms with Crippen LogP contribution in [-0.2, 0) is 6.61 Å². The maximum atomic E-state index is 14.5. The molecule has 2 heterocycles. The van der Waals surface area contributed by atoms with E-state index in [1.54, 1.807) is 36.5 Å². The number of fused-ring (bicyclic) bond motifs is 1. The van der Waals surface area contributed by atoms with Crippen LogP contribution < -0.4 is 10.1 Å². The Morgan fingerprint density at radius 2 is 1.85 bits per heavy atom. The van der Waals surface area contributed by atoms with Gasteiger partial charge in [-0.3, -0.25) is 4.79 Å². The molecule has 4 nitrogen and oxygen atoms in total. The summed E-state index contributed by atoms with van der Waals surface area (Å²) < 4.78 is 21.0. The van der Waals surface area contributed by atoms with E-state index in [-0.39, 0.29) is 18.3 Å². The molecule has 0 radical (unpaired) electrons. The van der Waals surface area contributed by atoms with Crippen molar-refractivity contribution in [3.05, 3.63) is 89.2 Å². The lowest BCUT2D eigenvalue weighted by atomic mass is 10.1. The van der Waals surface area contributed by atoms with Crippen LogP contribution in [0.4, 0.5) is 10.2 Å². The smallest absolute Gasteiger partial charge is 0.267 e. The largest absolute Gasteiger partial charge is 0.489 e. The summed E-state index contributed by atoms with van der Waals surface area (Å²) in [7, 11) is 0. The lowest BCUT2D eigenvalue weighted by Crippen LogP contribution is -2.14. The maximum absolute atomic E-state index is 14.5. The number of anilines is 1. The summed E-state index contributed by atoms with van der Waals surface area (Å²) in [5.41, 5.74) is 0.533. The predicted octanol–water partition coefficient (Wildman–Crippen LogP) is 5.27. The fourth-order valence-electron chi connectivity index (χ4n) is 2.77. The van der Waals surface area contributed by atoms with Crippen molar-refractivity contribution in [1.29, 1.82) is 0 Å². The average molecular weight is 378 g/mol. The number of nitrogens with one attached hydrogen (secondary N) is 1. The van der Waals surface area contributed by atoms with Gasteiger partial charge in [0.1, 0.15) is 28.9 Å². The van der Waals surface area contributed by atoms with Crippen LogP contribution >= 0.6 is 11.3 Å². The molecule has 27 heavy (non-hydrogen) atoms. The minimum atomic E-state index is -0.368. The summed E-state index contributed by atoms with van der Waals surface area (Å²) in [4.78, 5) is 17.3. The van der Waals surface area contributed by atoms with Crippen LogP contribution in [0.1, 0.15) is 15.2 Å². The Bertz CT molecular complexity index is 1080. The van der Waals surface area contributed by atoms with Gasteiger partial charge in [0.15, 0.2) is 0 Å². The van der Waals surface area contributed by atoms with Crippen LogP contribution in [0.25, 0.3) is 10.1 Å². The number of ether oxygens (including phenoxy) is 1. The zero-order valence-electron chi connectivity index (χ0n) is 14.2. The number of carbonyl (C=O) groups is 1. The molecular weight excluding hydrogens is 363 g/mol. The van der Waals surface area contributed by atoms with Gasteiger partial charge in [0.2, 0.25) is 0 Å². The first-order valence-corrected chi connectivity index (χ1v) is 9.14. The number of rotatable bonds is 5. The highest BCUT2D eigenvalue weighted by Gasteiger charge is 2.21. The van der Waals surface area contributed by atoms with Gasteiger partial charge in [0.25, 0.3) is 5.91 Å². The average Bonchev–Trinajstić information content (AvgIpc) is 3.08. The number of benzene rings is 2. The van der Waals surface area contributed by atoms with Gasteiger partial charge in [-0.2, -0.15) is 0 Å². The van der Waals surface area contributed by atoms with E-state index in [9.17, 15) is 9.18 Å². The number of para-hydroxylation sites is 1. The van der Waals surface area contributed by atoms with E-state index in [1.807, 2.05) is 30.3 Å². The van der Waals surface area contributed by atoms with E-state index < -0.39 is 0 Å². The lowest BCUT2D eigenvalue weighted by Gasteiger charge is -2.09. The monoisotopic (exact) mass is 378 g/mol. The fraction of sp³-hybridized carbons (Fsp3) is 0.0476. The highest BCUT2D eigenvalue weighted by molar-refractivity contribution is 7.21. The maximum Gasteiger partial charge on any atom is 0.267 e. The van der Waals surface area contributed by atoms with Crippen molar-refractivity contribution in [3.63, 3.8) is 0 Å². The Balaban J connectivity index is 1.70. The topological polar surface area (TPSA) is 51.2 Å². The predicted molar refractivity (Wildman–Crippen MR) is 105 cm³/mol. The van der Waals surface area contributed by atoms with E-state index in [2.05, 4.69) is 10.3 Å². The van der Waals surface area contributed by atoms with Crippen molar-refractivity contribution in [3.8, 4) is 5.75 Å². The van der Waals surface area contributed by atoms with Crippen LogP contribution in [0.2, 0.25) is 0 Å². The van der Waals surface area contributed by atoms with Crippen molar-refractivity contribution < 1.29 is 13.9 Å². The van der Waals surface area contributed by atoms with Crippen LogP contribution in [0.3, 0.4) is 0 Å². The summed E-state index contributed by atoms with van der Waals surface area (Å²) in [6.45, 7) is 0.0932. The molecule has 1 amide bonds. The number of carbonyl (C=O) groups excluding carboxylic acids is 1. The molecule has 4 rings (SSSR count). The quantitative estimate of drug-likeness (QED) is 0.515. The molecule has 134 valence electrons. The second-order valence-corrected chi connectivity index (χ2v) is 6.85. The molecule has 4 aromatic rings. The zero-order chi connectivity index (χ0) is 18.6. The van der Waals surface area contributed by atoms with Gasteiger partial charge in [0.05, 0.1) is 0 Å². The van der Waals surface area contributed by atoms with Gasteiger partial charge in [0, 0.05) is 21.8 Å². The molecule has 1 N–H and O–H groups in total. The van der Waals surface area contributed by atoms with E-state index in [0.717, 1.165) is 0 Å². The van der Waals surface area contributed by atoms with Crippen LogP contribution in [0.15, 0.2) is 72.9 Å². The molecular formula is C21H15FN2O2S. The summed E-state index contributed by atoms with van der Waals surface area (Å²) in [6, 6.07) is 19.3. The van der Waals surface area contributed by atoms with E-state index >= 15 is 0 Å². The molecule has 0 saturated heterocycles. The third kappa shape index (κ3) is 3.66. The Kier molecular flexibility index (Phi) is 4.80. The highest BCUT2D eigenvalue weighted by atomic mass is 32.1. The Morgan fingerprint density at radius 1 is 1.04 bits per heavy atom. The van der Waals surface area contributed by atoms with E-state index in [0.29, 0.717) is 32.1 Å². The number of pyridine rings is 1. The minimum absolute atomic E-state index is 0.0932. The number of halogens is 1.